The van der Waals surface area contributed by atoms with Crippen LogP contribution >= 0.6 is 0 Å². The van der Waals surface area contributed by atoms with Crippen LogP contribution in [0.15, 0.2) is 42.5 Å². The van der Waals surface area contributed by atoms with Gasteiger partial charge >= 0.3 is 5.97 Å². The average molecular weight is 403 g/mol. The van der Waals surface area contributed by atoms with Crippen molar-refractivity contribution in [1.29, 1.82) is 0 Å². The van der Waals surface area contributed by atoms with E-state index in [0.717, 1.165) is 12.1 Å². The fraction of sp³-hybridized carbons (Fsp3) is 0.167. The number of nitro groups is 1. The molecule has 152 valence electrons. The van der Waals surface area contributed by atoms with Crippen LogP contribution in [-0.4, -0.2) is 43.5 Å². The summed E-state index contributed by atoms with van der Waals surface area (Å²) in [5.74, 6) is -1.48. The molecule has 0 unspecified atom stereocenters. The van der Waals surface area contributed by atoms with Gasteiger partial charge in [-0.15, -0.1) is 0 Å². The van der Waals surface area contributed by atoms with E-state index in [0.29, 0.717) is 11.5 Å². The van der Waals surface area contributed by atoms with Gasteiger partial charge in [-0.3, -0.25) is 30.6 Å². The van der Waals surface area contributed by atoms with Crippen molar-refractivity contribution in [2.45, 2.75) is 0 Å². The highest BCUT2D eigenvalue weighted by Crippen LogP contribution is 2.27. The van der Waals surface area contributed by atoms with Gasteiger partial charge in [0.25, 0.3) is 17.5 Å². The van der Waals surface area contributed by atoms with Gasteiger partial charge in [0, 0.05) is 17.7 Å². The molecular weight excluding hydrogens is 386 g/mol. The maximum Gasteiger partial charge on any atom is 0.338 e. The Morgan fingerprint density at radius 1 is 0.931 bits per heavy atom. The van der Waals surface area contributed by atoms with Gasteiger partial charge in [-0.1, -0.05) is 0 Å². The Morgan fingerprint density at radius 2 is 1.55 bits per heavy atom. The summed E-state index contributed by atoms with van der Waals surface area (Å²) < 4.78 is 14.9. The van der Waals surface area contributed by atoms with Crippen LogP contribution in [0.4, 0.5) is 5.69 Å². The molecule has 0 saturated carbocycles. The first kappa shape index (κ1) is 21.2. The Bertz CT molecular complexity index is 927. The van der Waals surface area contributed by atoms with Crippen LogP contribution in [-0.2, 0) is 9.53 Å². The highest BCUT2D eigenvalue weighted by molar-refractivity contribution is 5.96. The molecule has 0 spiro atoms. The minimum absolute atomic E-state index is 0.0396. The SMILES string of the molecule is COc1ccc(C(=O)NNC(=O)COC(=O)c2ccc([N+](=O)[O-])cc2)cc1OC. The summed E-state index contributed by atoms with van der Waals surface area (Å²) in [4.78, 5) is 45.6. The second-order valence-electron chi connectivity index (χ2n) is 5.45. The van der Waals surface area contributed by atoms with Gasteiger partial charge < -0.3 is 14.2 Å². The number of methoxy groups -OCH3 is 2. The number of esters is 1. The normalized spacial score (nSPS) is 9.86. The number of benzene rings is 2. The van der Waals surface area contributed by atoms with Crippen molar-refractivity contribution in [3.63, 3.8) is 0 Å². The molecule has 2 aromatic rings. The summed E-state index contributed by atoms with van der Waals surface area (Å²) in [6.45, 7) is -0.665. The lowest BCUT2D eigenvalue weighted by Gasteiger charge is -2.11. The number of nitro benzene ring substituents is 1. The molecule has 0 bridgehead atoms. The molecule has 0 heterocycles. The molecular formula is C18H17N3O8. The molecule has 0 saturated heterocycles. The molecule has 0 radical (unpaired) electrons. The maximum atomic E-state index is 12.1. The number of amides is 2. The third-order valence-corrected chi connectivity index (χ3v) is 3.61. The molecule has 0 aliphatic rings. The molecule has 11 nitrogen and oxygen atoms in total. The molecule has 2 aromatic carbocycles. The van der Waals surface area contributed by atoms with E-state index in [2.05, 4.69) is 10.9 Å². The first-order valence-electron chi connectivity index (χ1n) is 8.08. The second kappa shape index (κ2) is 9.69. The molecule has 0 aliphatic heterocycles. The lowest BCUT2D eigenvalue weighted by Crippen LogP contribution is -2.43. The lowest BCUT2D eigenvalue weighted by atomic mass is 10.2. The number of non-ortho nitro benzene ring substituents is 1. The molecule has 0 atom stereocenters. The summed E-state index contributed by atoms with van der Waals surface area (Å²) in [7, 11) is 2.87. The summed E-state index contributed by atoms with van der Waals surface area (Å²) in [6.07, 6.45) is 0. The van der Waals surface area contributed by atoms with Crippen molar-refractivity contribution in [3.8, 4) is 11.5 Å². The highest BCUT2D eigenvalue weighted by Gasteiger charge is 2.14. The number of nitrogens with one attached hydrogen (secondary N) is 2. The number of carbonyl (C=O) groups excluding carboxylic acids is 3. The zero-order chi connectivity index (χ0) is 21.4. The van der Waals surface area contributed by atoms with E-state index in [9.17, 15) is 24.5 Å². The van der Waals surface area contributed by atoms with Crippen LogP contribution in [0.2, 0.25) is 0 Å². The molecule has 2 N–H and O–H groups in total. The maximum absolute atomic E-state index is 12.1. The number of hydrazine groups is 1. The van der Waals surface area contributed by atoms with Crippen LogP contribution in [0.5, 0.6) is 11.5 Å². The smallest absolute Gasteiger partial charge is 0.338 e. The Labute approximate surface area is 164 Å². The topological polar surface area (TPSA) is 146 Å². The summed E-state index contributed by atoms with van der Waals surface area (Å²) in [6, 6.07) is 9.11. The zero-order valence-electron chi connectivity index (χ0n) is 15.5. The van der Waals surface area contributed by atoms with Crippen LogP contribution in [0.25, 0.3) is 0 Å². The number of nitrogens with zero attached hydrogens (tertiary/aromatic N) is 1. The fourth-order valence-corrected chi connectivity index (χ4v) is 2.15. The lowest BCUT2D eigenvalue weighted by molar-refractivity contribution is -0.384. The van der Waals surface area contributed by atoms with Gasteiger partial charge in [0.1, 0.15) is 0 Å². The van der Waals surface area contributed by atoms with E-state index in [4.69, 9.17) is 14.2 Å². The van der Waals surface area contributed by atoms with E-state index in [1.54, 1.807) is 0 Å². The van der Waals surface area contributed by atoms with Crippen LogP contribution in [0, 0.1) is 10.1 Å². The molecule has 2 amide bonds. The summed E-state index contributed by atoms with van der Waals surface area (Å²) >= 11 is 0. The molecule has 11 heteroatoms. The summed E-state index contributed by atoms with van der Waals surface area (Å²) in [5, 5.41) is 10.6. The van der Waals surface area contributed by atoms with Gasteiger partial charge in [0.2, 0.25) is 0 Å². The van der Waals surface area contributed by atoms with Crippen molar-refractivity contribution in [1.82, 2.24) is 10.9 Å². The number of ether oxygens (including phenoxy) is 3. The third-order valence-electron chi connectivity index (χ3n) is 3.61. The first-order valence-corrected chi connectivity index (χ1v) is 8.08. The van der Waals surface area contributed by atoms with Gasteiger partial charge in [-0.2, -0.15) is 0 Å². The van der Waals surface area contributed by atoms with Crippen molar-refractivity contribution < 1.29 is 33.5 Å². The van der Waals surface area contributed by atoms with Crippen LogP contribution in [0.1, 0.15) is 20.7 Å². The van der Waals surface area contributed by atoms with Gasteiger partial charge in [-0.05, 0) is 30.3 Å². The van der Waals surface area contributed by atoms with Crippen LogP contribution in [0.3, 0.4) is 0 Å². The molecule has 2 rings (SSSR count). The van der Waals surface area contributed by atoms with Gasteiger partial charge in [0.05, 0.1) is 24.7 Å². The average Bonchev–Trinajstić information content (AvgIpc) is 2.75. The van der Waals surface area contributed by atoms with E-state index in [1.807, 2.05) is 0 Å². The molecule has 29 heavy (non-hydrogen) atoms. The quantitative estimate of drug-likeness (QED) is 0.399. The fourth-order valence-electron chi connectivity index (χ4n) is 2.15. The number of rotatable bonds is 7. The van der Waals surface area contributed by atoms with Gasteiger partial charge in [0.15, 0.2) is 18.1 Å². The second-order valence-corrected chi connectivity index (χ2v) is 5.45. The van der Waals surface area contributed by atoms with Gasteiger partial charge in [-0.25, -0.2) is 4.79 Å². The standard InChI is InChI=1S/C18H17N3O8/c1-27-14-8-5-12(9-15(14)28-2)17(23)20-19-16(22)10-29-18(24)11-3-6-13(7-4-11)21(25)26/h3-9H,10H2,1-2H3,(H,19,22)(H,20,23). The largest absolute Gasteiger partial charge is 0.493 e. The van der Waals surface area contributed by atoms with E-state index in [-0.39, 0.29) is 16.8 Å². The van der Waals surface area contributed by atoms with Crippen LogP contribution < -0.4 is 20.3 Å². The van der Waals surface area contributed by atoms with Crippen molar-refractivity contribution in [3.05, 3.63) is 63.7 Å². The first-order chi connectivity index (χ1) is 13.8. The number of hydrogen-bond donors (Lipinski definition) is 2. The van der Waals surface area contributed by atoms with E-state index in [1.165, 1.54) is 44.6 Å². The van der Waals surface area contributed by atoms with Crippen molar-refractivity contribution >= 4 is 23.5 Å². The Hall–Kier alpha value is -4.15. The summed E-state index contributed by atoms with van der Waals surface area (Å²) in [5.41, 5.74) is 4.33. The monoisotopic (exact) mass is 403 g/mol. The van der Waals surface area contributed by atoms with Crippen molar-refractivity contribution in [2.75, 3.05) is 20.8 Å². The number of hydrogen-bond acceptors (Lipinski definition) is 8. The Morgan fingerprint density at radius 3 is 2.14 bits per heavy atom. The molecule has 0 aromatic heterocycles. The molecule has 0 fully saturated rings. The third kappa shape index (κ3) is 5.66. The Balaban J connectivity index is 1.84. The van der Waals surface area contributed by atoms with E-state index >= 15 is 0 Å². The highest BCUT2D eigenvalue weighted by atomic mass is 16.6. The minimum Gasteiger partial charge on any atom is -0.493 e. The Kier molecular flexibility index (Phi) is 7.07. The van der Waals surface area contributed by atoms with Crippen molar-refractivity contribution in [2.24, 2.45) is 0 Å². The predicted octanol–water partition coefficient (Wildman–Crippen LogP) is 1.23. The number of carbonyl (C=O) groups is 3. The van der Waals surface area contributed by atoms with E-state index < -0.39 is 29.3 Å². The molecule has 0 aliphatic carbocycles. The zero-order valence-corrected chi connectivity index (χ0v) is 15.5. The minimum atomic E-state index is -0.846. The predicted molar refractivity (Wildman–Crippen MR) is 98.5 cm³/mol.